The van der Waals surface area contributed by atoms with Crippen molar-refractivity contribution in [2.45, 2.75) is 19.4 Å². The molecular formula is C22H22ClN3O. The molecule has 138 valence electrons. The Morgan fingerprint density at radius 3 is 2.44 bits per heavy atom. The molecule has 1 heterocycles. The molecule has 2 aromatic carbocycles. The summed E-state index contributed by atoms with van der Waals surface area (Å²) in [7, 11) is 0. The molecule has 1 amide bonds. The van der Waals surface area contributed by atoms with Crippen LogP contribution in [0.2, 0.25) is 5.02 Å². The third-order valence-corrected chi connectivity index (χ3v) is 4.56. The Labute approximate surface area is 164 Å². The first-order valence-corrected chi connectivity index (χ1v) is 9.30. The Bertz CT molecular complexity index is 864. The number of carbonyl (C=O) groups excluding carboxylic acids is 1. The van der Waals surface area contributed by atoms with Crippen LogP contribution in [-0.2, 0) is 6.42 Å². The van der Waals surface area contributed by atoms with Crippen molar-refractivity contribution in [1.29, 1.82) is 0 Å². The van der Waals surface area contributed by atoms with Crippen molar-refractivity contribution in [3.63, 3.8) is 0 Å². The lowest BCUT2D eigenvalue weighted by Gasteiger charge is -2.14. The van der Waals surface area contributed by atoms with Gasteiger partial charge in [-0.05, 0) is 48.7 Å². The van der Waals surface area contributed by atoms with E-state index in [1.807, 2.05) is 67.6 Å². The maximum Gasteiger partial charge on any atom is 0.253 e. The Morgan fingerprint density at radius 1 is 1.04 bits per heavy atom. The molecule has 0 radical (unpaired) electrons. The number of amides is 1. The van der Waals surface area contributed by atoms with E-state index in [9.17, 15) is 4.79 Å². The van der Waals surface area contributed by atoms with Crippen molar-refractivity contribution in [2.75, 3.05) is 11.9 Å². The van der Waals surface area contributed by atoms with Crippen LogP contribution in [0.1, 0.15) is 34.5 Å². The number of anilines is 1. The highest BCUT2D eigenvalue weighted by Crippen LogP contribution is 2.13. The average molecular weight is 380 g/mol. The molecule has 0 bridgehead atoms. The first-order valence-electron chi connectivity index (χ1n) is 8.92. The fourth-order valence-corrected chi connectivity index (χ4v) is 2.85. The predicted octanol–water partition coefficient (Wildman–Crippen LogP) is 4.88. The molecule has 0 aliphatic carbocycles. The molecule has 3 aromatic rings. The van der Waals surface area contributed by atoms with Crippen LogP contribution >= 0.6 is 11.6 Å². The quantitative estimate of drug-likeness (QED) is 0.615. The van der Waals surface area contributed by atoms with E-state index in [1.165, 1.54) is 5.56 Å². The van der Waals surface area contributed by atoms with Crippen LogP contribution in [0.5, 0.6) is 0 Å². The number of aromatic nitrogens is 1. The van der Waals surface area contributed by atoms with Gasteiger partial charge in [-0.25, -0.2) is 4.98 Å². The third-order valence-electron chi connectivity index (χ3n) is 4.31. The molecule has 0 fully saturated rings. The van der Waals surface area contributed by atoms with Crippen molar-refractivity contribution in [3.8, 4) is 0 Å². The monoisotopic (exact) mass is 379 g/mol. The van der Waals surface area contributed by atoms with Gasteiger partial charge in [0.1, 0.15) is 5.82 Å². The molecule has 1 atom stereocenters. The second-order valence-corrected chi connectivity index (χ2v) is 6.78. The molecule has 3 rings (SSSR count). The van der Waals surface area contributed by atoms with Crippen molar-refractivity contribution < 1.29 is 4.79 Å². The van der Waals surface area contributed by atoms with E-state index in [1.54, 1.807) is 12.3 Å². The van der Waals surface area contributed by atoms with E-state index in [0.717, 1.165) is 29.4 Å². The molecule has 2 N–H and O–H groups in total. The number of rotatable bonds is 7. The molecule has 1 unspecified atom stereocenters. The maximum atomic E-state index is 12.4. The largest absolute Gasteiger partial charge is 0.370 e. The van der Waals surface area contributed by atoms with E-state index in [0.29, 0.717) is 5.56 Å². The summed E-state index contributed by atoms with van der Waals surface area (Å²) >= 11 is 5.89. The van der Waals surface area contributed by atoms with Gasteiger partial charge in [0.25, 0.3) is 5.91 Å². The van der Waals surface area contributed by atoms with E-state index in [4.69, 9.17) is 11.6 Å². The molecule has 0 aliphatic heterocycles. The number of pyridine rings is 1. The highest BCUT2D eigenvalue weighted by atomic mass is 35.5. The van der Waals surface area contributed by atoms with E-state index in [2.05, 4.69) is 15.6 Å². The zero-order valence-corrected chi connectivity index (χ0v) is 15.9. The van der Waals surface area contributed by atoms with Gasteiger partial charge in [-0.3, -0.25) is 4.79 Å². The van der Waals surface area contributed by atoms with Crippen LogP contribution in [0.3, 0.4) is 0 Å². The van der Waals surface area contributed by atoms with Crippen LogP contribution < -0.4 is 10.6 Å². The lowest BCUT2D eigenvalue weighted by atomic mass is 10.1. The minimum atomic E-state index is -0.133. The zero-order valence-electron chi connectivity index (χ0n) is 15.2. The normalized spacial score (nSPS) is 11.6. The second kappa shape index (κ2) is 9.19. The van der Waals surface area contributed by atoms with Crippen LogP contribution in [0, 0.1) is 0 Å². The minimum absolute atomic E-state index is 0.0594. The van der Waals surface area contributed by atoms with Gasteiger partial charge in [-0.2, -0.15) is 0 Å². The van der Waals surface area contributed by atoms with Gasteiger partial charge in [0, 0.05) is 17.8 Å². The van der Waals surface area contributed by atoms with Gasteiger partial charge in [0.15, 0.2) is 0 Å². The minimum Gasteiger partial charge on any atom is -0.370 e. The number of benzene rings is 2. The standard InChI is InChI=1S/C22H22ClN3O/c1-16(18-5-3-2-4-6-18)26-22(27)19-9-12-21(25-15-19)24-14-13-17-7-10-20(23)11-8-17/h2-12,15-16H,13-14H2,1H3,(H,24,25)(H,26,27). The molecule has 5 heteroatoms. The smallest absolute Gasteiger partial charge is 0.253 e. The highest BCUT2D eigenvalue weighted by molar-refractivity contribution is 6.30. The van der Waals surface area contributed by atoms with Gasteiger partial charge in [-0.1, -0.05) is 54.1 Å². The zero-order chi connectivity index (χ0) is 19.1. The number of hydrogen-bond donors (Lipinski definition) is 2. The van der Waals surface area contributed by atoms with Crippen molar-refractivity contribution in [3.05, 3.63) is 94.6 Å². The van der Waals surface area contributed by atoms with Gasteiger partial charge in [0.05, 0.1) is 11.6 Å². The number of nitrogens with one attached hydrogen (secondary N) is 2. The Balaban J connectivity index is 1.50. The van der Waals surface area contributed by atoms with E-state index >= 15 is 0 Å². The summed E-state index contributed by atoms with van der Waals surface area (Å²) in [5.41, 5.74) is 2.82. The summed E-state index contributed by atoms with van der Waals surface area (Å²) in [6.45, 7) is 2.72. The molecule has 4 nitrogen and oxygen atoms in total. The van der Waals surface area contributed by atoms with Crippen LogP contribution in [0.4, 0.5) is 5.82 Å². The average Bonchev–Trinajstić information content (AvgIpc) is 2.70. The first kappa shape index (κ1) is 18.9. The van der Waals surface area contributed by atoms with Crippen LogP contribution in [-0.4, -0.2) is 17.4 Å². The summed E-state index contributed by atoms with van der Waals surface area (Å²) in [5, 5.41) is 7.00. The lowest BCUT2D eigenvalue weighted by molar-refractivity contribution is 0.0939. The SMILES string of the molecule is CC(NC(=O)c1ccc(NCCc2ccc(Cl)cc2)nc1)c1ccccc1. The second-order valence-electron chi connectivity index (χ2n) is 6.34. The van der Waals surface area contributed by atoms with Gasteiger partial charge in [-0.15, -0.1) is 0 Å². The van der Waals surface area contributed by atoms with E-state index < -0.39 is 0 Å². The Kier molecular flexibility index (Phi) is 6.44. The fourth-order valence-electron chi connectivity index (χ4n) is 2.72. The first-order chi connectivity index (χ1) is 13.1. The molecule has 1 aromatic heterocycles. The highest BCUT2D eigenvalue weighted by Gasteiger charge is 2.11. The number of carbonyl (C=O) groups is 1. The van der Waals surface area contributed by atoms with Crippen LogP contribution in [0.25, 0.3) is 0 Å². The van der Waals surface area contributed by atoms with Crippen molar-refractivity contribution in [2.24, 2.45) is 0 Å². The number of nitrogens with zero attached hydrogens (tertiary/aromatic N) is 1. The Morgan fingerprint density at radius 2 is 1.78 bits per heavy atom. The van der Waals surface area contributed by atoms with Crippen molar-refractivity contribution in [1.82, 2.24) is 10.3 Å². The third kappa shape index (κ3) is 5.56. The molecule has 0 spiro atoms. The Hall–Kier alpha value is -2.85. The molecule has 0 saturated heterocycles. The summed E-state index contributed by atoms with van der Waals surface area (Å²) in [4.78, 5) is 16.7. The van der Waals surface area contributed by atoms with Crippen molar-refractivity contribution >= 4 is 23.3 Å². The van der Waals surface area contributed by atoms with E-state index in [-0.39, 0.29) is 11.9 Å². The number of hydrogen-bond acceptors (Lipinski definition) is 3. The lowest BCUT2D eigenvalue weighted by Crippen LogP contribution is -2.26. The molecule has 27 heavy (non-hydrogen) atoms. The molecular weight excluding hydrogens is 358 g/mol. The molecule has 0 saturated carbocycles. The van der Waals surface area contributed by atoms with Crippen LogP contribution in [0.15, 0.2) is 72.9 Å². The summed E-state index contributed by atoms with van der Waals surface area (Å²) in [6.07, 6.45) is 2.47. The summed E-state index contributed by atoms with van der Waals surface area (Å²) in [6, 6.07) is 21.2. The predicted molar refractivity (Wildman–Crippen MR) is 110 cm³/mol. The topological polar surface area (TPSA) is 54.0 Å². The molecule has 0 aliphatic rings. The summed E-state index contributed by atoms with van der Waals surface area (Å²) < 4.78 is 0. The van der Waals surface area contributed by atoms with Gasteiger partial charge < -0.3 is 10.6 Å². The van der Waals surface area contributed by atoms with Gasteiger partial charge >= 0.3 is 0 Å². The fraction of sp³-hybridized carbons (Fsp3) is 0.182. The van der Waals surface area contributed by atoms with Gasteiger partial charge in [0.2, 0.25) is 0 Å². The maximum absolute atomic E-state index is 12.4. The number of halogens is 1. The summed E-state index contributed by atoms with van der Waals surface area (Å²) in [5.74, 6) is 0.614.